The summed E-state index contributed by atoms with van der Waals surface area (Å²) in [6.45, 7) is 0. The molecular formula is C22H16Cl2N4O2. The van der Waals surface area contributed by atoms with Crippen LogP contribution in [0.15, 0.2) is 83.0 Å². The Kier molecular flexibility index (Phi) is 7.32. The van der Waals surface area contributed by atoms with Gasteiger partial charge in [0.05, 0.1) is 12.4 Å². The first-order valence-electron chi connectivity index (χ1n) is 8.79. The Balaban J connectivity index is 1.53. The summed E-state index contributed by atoms with van der Waals surface area (Å²) in [6.07, 6.45) is 3.02. The predicted octanol–water partition coefficient (Wildman–Crippen LogP) is 4.52. The maximum Gasteiger partial charge on any atom is 0.271 e. The average Bonchev–Trinajstić information content (AvgIpc) is 2.76. The first-order chi connectivity index (χ1) is 14.5. The molecule has 0 bridgehead atoms. The number of hydrazone groups is 2. The number of nitrogens with zero attached hydrogens (tertiary/aromatic N) is 2. The minimum Gasteiger partial charge on any atom is -0.267 e. The lowest BCUT2D eigenvalue weighted by atomic mass is 10.1. The normalized spacial score (nSPS) is 11.0. The van der Waals surface area contributed by atoms with Gasteiger partial charge in [-0.25, -0.2) is 10.9 Å². The van der Waals surface area contributed by atoms with Crippen LogP contribution >= 0.6 is 23.2 Å². The monoisotopic (exact) mass is 438 g/mol. The van der Waals surface area contributed by atoms with E-state index in [1.807, 2.05) is 0 Å². The van der Waals surface area contributed by atoms with Crippen LogP contribution in [0, 0.1) is 0 Å². The summed E-state index contributed by atoms with van der Waals surface area (Å²) in [5.41, 5.74) is 7.19. The molecule has 150 valence electrons. The molecule has 0 aliphatic carbocycles. The third-order valence-electron chi connectivity index (χ3n) is 3.91. The van der Waals surface area contributed by atoms with E-state index in [0.717, 1.165) is 11.1 Å². The van der Waals surface area contributed by atoms with E-state index in [1.165, 1.54) is 36.7 Å². The van der Waals surface area contributed by atoms with Gasteiger partial charge in [-0.3, -0.25) is 9.59 Å². The third-order valence-corrected chi connectivity index (χ3v) is 4.41. The molecule has 0 spiro atoms. The molecule has 8 heteroatoms. The van der Waals surface area contributed by atoms with Gasteiger partial charge in [-0.15, -0.1) is 0 Å². The molecule has 0 aliphatic heterocycles. The van der Waals surface area contributed by atoms with E-state index in [9.17, 15) is 9.59 Å². The van der Waals surface area contributed by atoms with Gasteiger partial charge in [0, 0.05) is 21.2 Å². The summed E-state index contributed by atoms with van der Waals surface area (Å²) in [5.74, 6) is -0.791. The van der Waals surface area contributed by atoms with Gasteiger partial charge in [-0.2, -0.15) is 10.2 Å². The third kappa shape index (κ3) is 6.27. The summed E-state index contributed by atoms with van der Waals surface area (Å²) < 4.78 is 0. The summed E-state index contributed by atoms with van der Waals surface area (Å²) in [5, 5.41) is 9.05. The zero-order valence-electron chi connectivity index (χ0n) is 15.5. The van der Waals surface area contributed by atoms with Crippen molar-refractivity contribution < 1.29 is 9.59 Å². The first-order valence-corrected chi connectivity index (χ1v) is 9.55. The number of carbonyl (C=O) groups is 2. The number of amides is 2. The molecule has 0 aliphatic rings. The van der Waals surface area contributed by atoms with Crippen molar-refractivity contribution in [1.82, 2.24) is 10.9 Å². The molecule has 0 fully saturated rings. The standard InChI is InChI=1S/C22H16Cl2N4O2/c23-19-9-1-15(2-10-19)13-25-27-21(29)17-5-7-18(8-6-17)22(30)28-26-14-16-3-11-20(24)12-4-16/h1-14H,(H,27,29)(H,28,30). The number of carbonyl (C=O) groups excluding carboxylic acids is 2. The Morgan fingerprint density at radius 3 is 1.27 bits per heavy atom. The highest BCUT2D eigenvalue weighted by atomic mass is 35.5. The zero-order valence-corrected chi connectivity index (χ0v) is 17.1. The van der Waals surface area contributed by atoms with Crippen molar-refractivity contribution in [2.75, 3.05) is 0 Å². The number of nitrogens with one attached hydrogen (secondary N) is 2. The molecule has 0 saturated heterocycles. The molecule has 2 amide bonds. The number of rotatable bonds is 6. The van der Waals surface area contributed by atoms with E-state index in [0.29, 0.717) is 21.2 Å². The molecule has 30 heavy (non-hydrogen) atoms. The Morgan fingerprint density at radius 1 is 0.600 bits per heavy atom. The van der Waals surface area contributed by atoms with E-state index in [-0.39, 0.29) is 0 Å². The Labute approximate surface area is 183 Å². The van der Waals surface area contributed by atoms with Crippen LogP contribution in [0.5, 0.6) is 0 Å². The van der Waals surface area contributed by atoms with Crippen molar-refractivity contribution >= 4 is 47.4 Å². The van der Waals surface area contributed by atoms with Crippen LogP contribution < -0.4 is 10.9 Å². The predicted molar refractivity (Wildman–Crippen MR) is 119 cm³/mol. The first kappa shape index (κ1) is 21.2. The van der Waals surface area contributed by atoms with Crippen molar-refractivity contribution in [2.24, 2.45) is 10.2 Å². The minimum atomic E-state index is -0.395. The van der Waals surface area contributed by atoms with Crippen molar-refractivity contribution in [3.8, 4) is 0 Å². The van der Waals surface area contributed by atoms with E-state index < -0.39 is 11.8 Å². The van der Waals surface area contributed by atoms with E-state index in [1.54, 1.807) is 48.5 Å². The summed E-state index contributed by atoms with van der Waals surface area (Å²) in [7, 11) is 0. The van der Waals surface area contributed by atoms with E-state index >= 15 is 0 Å². The van der Waals surface area contributed by atoms with Gasteiger partial charge in [0.2, 0.25) is 0 Å². The van der Waals surface area contributed by atoms with Crippen molar-refractivity contribution in [2.45, 2.75) is 0 Å². The second kappa shape index (κ2) is 10.3. The second-order valence-corrected chi connectivity index (χ2v) is 6.95. The largest absolute Gasteiger partial charge is 0.271 e. The van der Waals surface area contributed by atoms with Crippen molar-refractivity contribution in [3.63, 3.8) is 0 Å². The van der Waals surface area contributed by atoms with Crippen LogP contribution in [-0.4, -0.2) is 24.2 Å². The lowest BCUT2D eigenvalue weighted by Crippen LogP contribution is -2.19. The zero-order chi connectivity index (χ0) is 21.3. The number of hydrogen-bond donors (Lipinski definition) is 2. The molecular weight excluding hydrogens is 423 g/mol. The fraction of sp³-hybridized carbons (Fsp3) is 0. The lowest BCUT2D eigenvalue weighted by molar-refractivity contribution is 0.0943. The molecule has 0 aromatic heterocycles. The highest BCUT2D eigenvalue weighted by Gasteiger charge is 2.08. The van der Waals surface area contributed by atoms with Gasteiger partial charge >= 0.3 is 0 Å². The number of benzene rings is 3. The lowest BCUT2D eigenvalue weighted by Gasteiger charge is -2.03. The fourth-order valence-electron chi connectivity index (χ4n) is 2.33. The quantitative estimate of drug-likeness (QED) is 0.437. The molecule has 6 nitrogen and oxygen atoms in total. The van der Waals surface area contributed by atoms with E-state index in [4.69, 9.17) is 23.2 Å². The molecule has 3 aromatic rings. The smallest absolute Gasteiger partial charge is 0.267 e. The fourth-order valence-corrected chi connectivity index (χ4v) is 2.58. The van der Waals surface area contributed by atoms with Crippen molar-refractivity contribution in [1.29, 1.82) is 0 Å². The average molecular weight is 439 g/mol. The van der Waals surface area contributed by atoms with Crippen molar-refractivity contribution in [3.05, 3.63) is 105 Å². The molecule has 0 unspecified atom stereocenters. The maximum atomic E-state index is 12.1. The number of hydrogen-bond acceptors (Lipinski definition) is 4. The molecule has 0 atom stereocenters. The molecule has 0 saturated carbocycles. The summed E-state index contributed by atoms with van der Waals surface area (Å²) in [6, 6.07) is 20.2. The Hall–Kier alpha value is -3.48. The van der Waals surface area contributed by atoms with E-state index in [2.05, 4.69) is 21.1 Å². The highest BCUT2D eigenvalue weighted by Crippen LogP contribution is 2.09. The number of halogens is 2. The topological polar surface area (TPSA) is 82.9 Å². The highest BCUT2D eigenvalue weighted by molar-refractivity contribution is 6.30. The summed E-state index contributed by atoms with van der Waals surface area (Å²) >= 11 is 11.6. The molecule has 0 radical (unpaired) electrons. The van der Waals surface area contributed by atoms with Crippen LogP contribution in [0.4, 0.5) is 0 Å². The second-order valence-electron chi connectivity index (χ2n) is 6.08. The summed E-state index contributed by atoms with van der Waals surface area (Å²) in [4.78, 5) is 24.3. The Morgan fingerprint density at radius 2 is 0.933 bits per heavy atom. The van der Waals surface area contributed by atoms with Gasteiger partial charge in [0.15, 0.2) is 0 Å². The Bertz CT molecular complexity index is 989. The molecule has 3 rings (SSSR count). The van der Waals surface area contributed by atoms with Crippen LogP contribution in [0.25, 0.3) is 0 Å². The van der Waals surface area contributed by atoms with Crippen LogP contribution in [-0.2, 0) is 0 Å². The van der Waals surface area contributed by atoms with Gasteiger partial charge in [0.1, 0.15) is 0 Å². The SMILES string of the molecule is O=C(NN=Cc1ccc(Cl)cc1)c1ccc(C(=O)NN=Cc2ccc(Cl)cc2)cc1. The minimum absolute atomic E-state index is 0.365. The molecule has 2 N–H and O–H groups in total. The van der Waals surface area contributed by atoms with Gasteiger partial charge < -0.3 is 0 Å². The van der Waals surface area contributed by atoms with Crippen LogP contribution in [0.2, 0.25) is 10.0 Å². The van der Waals surface area contributed by atoms with Gasteiger partial charge in [-0.05, 0) is 59.7 Å². The van der Waals surface area contributed by atoms with Gasteiger partial charge in [-0.1, -0.05) is 47.5 Å². The maximum absolute atomic E-state index is 12.1. The van der Waals surface area contributed by atoms with Crippen LogP contribution in [0.3, 0.4) is 0 Å². The molecule has 0 heterocycles. The van der Waals surface area contributed by atoms with Crippen LogP contribution in [0.1, 0.15) is 31.8 Å². The molecule has 3 aromatic carbocycles. The van der Waals surface area contributed by atoms with Gasteiger partial charge in [0.25, 0.3) is 11.8 Å².